The Hall–Kier alpha value is -1.06. The summed E-state index contributed by atoms with van der Waals surface area (Å²) in [6.07, 6.45) is 0. The quantitative estimate of drug-likeness (QED) is 0.718. The zero-order valence-corrected chi connectivity index (χ0v) is 9.57. The van der Waals surface area contributed by atoms with Gasteiger partial charge in [-0.3, -0.25) is 0 Å². The predicted molar refractivity (Wildman–Crippen MR) is 64.3 cm³/mol. The molecule has 3 nitrogen and oxygen atoms in total. The summed E-state index contributed by atoms with van der Waals surface area (Å²) in [4.78, 5) is 2.18. The van der Waals surface area contributed by atoms with Crippen molar-refractivity contribution in [1.29, 1.82) is 0 Å². The third-order valence-corrected chi connectivity index (χ3v) is 2.31. The van der Waals surface area contributed by atoms with E-state index in [0.29, 0.717) is 13.2 Å². The molecule has 0 aromatic heterocycles. The van der Waals surface area contributed by atoms with Crippen LogP contribution in [0.2, 0.25) is 0 Å². The van der Waals surface area contributed by atoms with Gasteiger partial charge in [0.15, 0.2) is 0 Å². The molecular weight excluding hydrogens is 188 g/mol. The minimum absolute atomic E-state index is 0.592. The highest BCUT2D eigenvalue weighted by Gasteiger charge is 1.99. The van der Waals surface area contributed by atoms with Crippen molar-refractivity contribution < 1.29 is 4.74 Å². The van der Waals surface area contributed by atoms with Crippen LogP contribution in [-0.2, 0) is 4.74 Å². The largest absolute Gasteiger partial charge is 0.378 e. The molecule has 0 saturated carbocycles. The van der Waals surface area contributed by atoms with Crippen LogP contribution in [0.25, 0.3) is 0 Å². The molecule has 0 saturated heterocycles. The van der Waals surface area contributed by atoms with Gasteiger partial charge in [-0.05, 0) is 19.1 Å². The Morgan fingerprint density at radius 1 is 1.20 bits per heavy atom. The number of hydrogen-bond acceptors (Lipinski definition) is 3. The van der Waals surface area contributed by atoms with Gasteiger partial charge < -0.3 is 15.4 Å². The van der Waals surface area contributed by atoms with Crippen LogP contribution in [0.4, 0.5) is 5.69 Å². The summed E-state index contributed by atoms with van der Waals surface area (Å²) in [5.41, 5.74) is 7.84. The van der Waals surface area contributed by atoms with E-state index < -0.39 is 0 Å². The molecule has 3 heteroatoms. The maximum atomic E-state index is 5.33. The highest BCUT2D eigenvalue weighted by Crippen LogP contribution is 2.12. The van der Waals surface area contributed by atoms with Crippen LogP contribution in [-0.4, -0.2) is 33.4 Å². The lowest BCUT2D eigenvalue weighted by atomic mass is 10.2. The van der Waals surface area contributed by atoms with Crippen molar-refractivity contribution in [3.05, 3.63) is 29.8 Å². The van der Waals surface area contributed by atoms with Crippen molar-refractivity contribution in [2.75, 3.05) is 38.3 Å². The van der Waals surface area contributed by atoms with Crippen molar-refractivity contribution in [2.45, 2.75) is 6.92 Å². The van der Waals surface area contributed by atoms with Gasteiger partial charge >= 0.3 is 0 Å². The van der Waals surface area contributed by atoms with E-state index in [0.717, 1.165) is 13.2 Å². The molecule has 0 unspecified atom stereocenters. The van der Waals surface area contributed by atoms with E-state index in [1.54, 1.807) is 0 Å². The van der Waals surface area contributed by atoms with Crippen LogP contribution >= 0.6 is 0 Å². The Kier molecular flexibility index (Phi) is 5.15. The first kappa shape index (κ1) is 12.0. The number of nitrogens with zero attached hydrogens (tertiary/aromatic N) is 1. The van der Waals surface area contributed by atoms with E-state index in [4.69, 9.17) is 10.5 Å². The normalized spacial score (nSPS) is 10.3. The summed E-state index contributed by atoms with van der Waals surface area (Å²) in [6, 6.07) is 8.48. The van der Waals surface area contributed by atoms with Crippen LogP contribution in [0.3, 0.4) is 0 Å². The lowest BCUT2D eigenvalue weighted by Crippen LogP contribution is -2.23. The second-order valence-corrected chi connectivity index (χ2v) is 3.66. The lowest BCUT2D eigenvalue weighted by molar-refractivity contribution is 0.148. The Balaban J connectivity index is 2.33. The molecule has 15 heavy (non-hydrogen) atoms. The summed E-state index contributed by atoms with van der Waals surface area (Å²) < 4.78 is 5.33. The van der Waals surface area contributed by atoms with Gasteiger partial charge in [-0.15, -0.1) is 0 Å². The van der Waals surface area contributed by atoms with Crippen LogP contribution < -0.4 is 10.6 Å². The maximum Gasteiger partial charge on any atom is 0.0642 e. The van der Waals surface area contributed by atoms with E-state index in [-0.39, 0.29) is 0 Å². The fourth-order valence-electron chi connectivity index (χ4n) is 1.32. The Labute approximate surface area is 91.8 Å². The van der Waals surface area contributed by atoms with Crippen molar-refractivity contribution >= 4 is 5.69 Å². The number of likely N-dealkylation sites (N-methyl/N-ethyl adjacent to an activating group) is 1. The number of rotatable bonds is 6. The Morgan fingerprint density at radius 3 is 2.47 bits per heavy atom. The second-order valence-electron chi connectivity index (χ2n) is 3.66. The second kappa shape index (κ2) is 6.43. The zero-order valence-electron chi connectivity index (χ0n) is 9.57. The average molecular weight is 208 g/mol. The molecule has 0 atom stereocenters. The summed E-state index contributed by atoms with van der Waals surface area (Å²) in [5, 5.41) is 0. The van der Waals surface area contributed by atoms with Crippen LogP contribution in [0.5, 0.6) is 0 Å². The van der Waals surface area contributed by atoms with Gasteiger partial charge in [0.1, 0.15) is 0 Å². The highest BCUT2D eigenvalue weighted by molar-refractivity contribution is 5.46. The average Bonchev–Trinajstić information content (AvgIpc) is 2.25. The molecule has 0 fully saturated rings. The van der Waals surface area contributed by atoms with Crippen LogP contribution in [0, 0.1) is 6.92 Å². The minimum atomic E-state index is 0.592. The van der Waals surface area contributed by atoms with Gasteiger partial charge in [-0.25, -0.2) is 0 Å². The van der Waals surface area contributed by atoms with Crippen molar-refractivity contribution in [1.82, 2.24) is 0 Å². The zero-order chi connectivity index (χ0) is 11.1. The molecule has 84 valence electrons. The Morgan fingerprint density at radius 2 is 1.87 bits per heavy atom. The molecular formula is C12H20N2O. The molecule has 1 aromatic rings. The molecule has 1 aromatic carbocycles. The SMILES string of the molecule is Cc1ccc(N(C)CCOCCN)cc1. The topological polar surface area (TPSA) is 38.5 Å². The monoisotopic (exact) mass is 208 g/mol. The lowest BCUT2D eigenvalue weighted by Gasteiger charge is -2.19. The summed E-state index contributed by atoms with van der Waals surface area (Å²) in [6.45, 7) is 4.94. The molecule has 0 spiro atoms. The summed E-state index contributed by atoms with van der Waals surface area (Å²) in [5.74, 6) is 0. The van der Waals surface area contributed by atoms with E-state index >= 15 is 0 Å². The van der Waals surface area contributed by atoms with E-state index in [9.17, 15) is 0 Å². The molecule has 0 aliphatic heterocycles. The van der Waals surface area contributed by atoms with Gasteiger partial charge in [0.2, 0.25) is 0 Å². The fraction of sp³-hybridized carbons (Fsp3) is 0.500. The smallest absolute Gasteiger partial charge is 0.0642 e. The number of hydrogen-bond donors (Lipinski definition) is 1. The van der Waals surface area contributed by atoms with Gasteiger partial charge in [0.25, 0.3) is 0 Å². The van der Waals surface area contributed by atoms with Crippen molar-refractivity contribution in [2.24, 2.45) is 5.73 Å². The number of nitrogens with two attached hydrogens (primary N) is 1. The summed E-state index contributed by atoms with van der Waals surface area (Å²) >= 11 is 0. The molecule has 0 aliphatic carbocycles. The first-order chi connectivity index (χ1) is 7.24. The molecule has 0 radical (unpaired) electrons. The highest BCUT2D eigenvalue weighted by atomic mass is 16.5. The van der Waals surface area contributed by atoms with E-state index in [1.807, 2.05) is 0 Å². The van der Waals surface area contributed by atoms with Crippen molar-refractivity contribution in [3.8, 4) is 0 Å². The molecule has 2 N–H and O–H groups in total. The van der Waals surface area contributed by atoms with E-state index in [1.165, 1.54) is 11.3 Å². The van der Waals surface area contributed by atoms with E-state index in [2.05, 4.69) is 43.1 Å². The first-order valence-corrected chi connectivity index (χ1v) is 5.29. The molecule has 0 aliphatic rings. The predicted octanol–water partition coefficient (Wildman–Crippen LogP) is 1.41. The number of benzene rings is 1. The third kappa shape index (κ3) is 4.32. The molecule has 0 heterocycles. The van der Waals surface area contributed by atoms with Crippen LogP contribution in [0.15, 0.2) is 24.3 Å². The van der Waals surface area contributed by atoms with Crippen LogP contribution in [0.1, 0.15) is 5.56 Å². The van der Waals surface area contributed by atoms with Gasteiger partial charge in [-0.1, -0.05) is 17.7 Å². The number of aryl methyl sites for hydroxylation is 1. The number of ether oxygens (including phenoxy) is 1. The Bertz CT molecular complexity index is 271. The molecule has 1 rings (SSSR count). The number of anilines is 1. The molecule has 0 bridgehead atoms. The third-order valence-electron chi connectivity index (χ3n) is 2.31. The van der Waals surface area contributed by atoms with Gasteiger partial charge in [-0.2, -0.15) is 0 Å². The van der Waals surface area contributed by atoms with Crippen molar-refractivity contribution in [3.63, 3.8) is 0 Å². The summed E-state index contributed by atoms with van der Waals surface area (Å²) in [7, 11) is 2.07. The fourth-order valence-corrected chi connectivity index (χ4v) is 1.32. The molecule has 0 amide bonds. The maximum absolute atomic E-state index is 5.33. The minimum Gasteiger partial charge on any atom is -0.378 e. The van der Waals surface area contributed by atoms with Gasteiger partial charge in [0.05, 0.1) is 13.2 Å². The first-order valence-electron chi connectivity index (χ1n) is 5.29. The standard InChI is InChI=1S/C12H20N2O/c1-11-3-5-12(6-4-11)14(2)8-10-15-9-7-13/h3-6H,7-10,13H2,1-2H3. The van der Waals surface area contributed by atoms with Gasteiger partial charge in [0, 0.05) is 25.8 Å².